The van der Waals surface area contributed by atoms with E-state index >= 15 is 0 Å². The van der Waals surface area contributed by atoms with E-state index in [1.165, 1.54) is 0 Å². The number of aromatic nitrogens is 2. The van der Waals surface area contributed by atoms with Crippen molar-refractivity contribution < 1.29 is 9.53 Å². The van der Waals surface area contributed by atoms with Gasteiger partial charge in [0.05, 0.1) is 5.69 Å². The van der Waals surface area contributed by atoms with Crippen LogP contribution in [0.1, 0.15) is 46.1 Å². The molecule has 2 atom stereocenters. The molecule has 3 aromatic rings. The summed E-state index contributed by atoms with van der Waals surface area (Å²) in [4.78, 5) is 21.7. The van der Waals surface area contributed by atoms with Gasteiger partial charge in [0, 0.05) is 40.9 Å². The predicted molar refractivity (Wildman–Crippen MR) is 115 cm³/mol. The second kappa shape index (κ2) is 8.05. The summed E-state index contributed by atoms with van der Waals surface area (Å²) in [5, 5.41) is 7.05. The van der Waals surface area contributed by atoms with Gasteiger partial charge in [-0.15, -0.1) is 0 Å². The molecule has 0 radical (unpaired) electrons. The molecule has 0 saturated carbocycles. The van der Waals surface area contributed by atoms with E-state index in [0.717, 1.165) is 36.1 Å². The van der Waals surface area contributed by atoms with E-state index in [2.05, 4.69) is 20.6 Å². The van der Waals surface area contributed by atoms with E-state index in [0.29, 0.717) is 41.0 Å². The molecule has 6 nitrogen and oxygen atoms in total. The maximum absolute atomic E-state index is 12.7. The van der Waals surface area contributed by atoms with Crippen molar-refractivity contribution in [3.63, 3.8) is 0 Å². The Labute approximate surface area is 179 Å². The zero-order chi connectivity index (χ0) is 20.5. The highest BCUT2D eigenvalue weighted by molar-refractivity contribution is 6.30. The average Bonchev–Trinajstić information content (AvgIpc) is 3.14. The molecule has 1 saturated heterocycles. The van der Waals surface area contributed by atoms with Gasteiger partial charge in [-0.1, -0.05) is 29.8 Å². The molecule has 2 aliphatic heterocycles. The maximum Gasteiger partial charge on any atom is 0.258 e. The van der Waals surface area contributed by atoms with Gasteiger partial charge in [0.25, 0.3) is 5.91 Å². The van der Waals surface area contributed by atoms with Crippen LogP contribution in [0, 0.1) is 0 Å². The van der Waals surface area contributed by atoms with E-state index in [9.17, 15) is 4.79 Å². The Kier molecular flexibility index (Phi) is 5.11. The van der Waals surface area contributed by atoms with Crippen LogP contribution in [0.25, 0.3) is 0 Å². The number of hydrogen-bond acceptors (Lipinski definition) is 5. The first-order chi connectivity index (χ1) is 14.6. The molecular formula is C23H21ClN4O2. The monoisotopic (exact) mass is 420 g/mol. The Bertz CT molecular complexity index is 1100. The topological polar surface area (TPSA) is 76.1 Å². The third-order valence-electron chi connectivity index (χ3n) is 5.57. The number of rotatable bonds is 5. The lowest BCUT2D eigenvalue weighted by atomic mass is 10.0. The first-order valence-electron chi connectivity index (χ1n) is 10.0. The van der Waals surface area contributed by atoms with E-state index < -0.39 is 0 Å². The van der Waals surface area contributed by atoms with Crippen LogP contribution in [-0.4, -0.2) is 21.9 Å². The lowest BCUT2D eigenvalue weighted by Crippen LogP contribution is -2.33. The molecule has 0 spiro atoms. The number of halogens is 1. The molecule has 1 amide bonds. The lowest BCUT2D eigenvalue weighted by molar-refractivity contribution is 0.102. The summed E-state index contributed by atoms with van der Waals surface area (Å²) in [6.07, 6.45) is 4.99. The molecule has 5 rings (SSSR count). The van der Waals surface area contributed by atoms with Crippen molar-refractivity contribution in [2.24, 2.45) is 0 Å². The number of ether oxygens (including phenoxy) is 1. The average molecular weight is 421 g/mol. The van der Waals surface area contributed by atoms with Crippen LogP contribution in [0.2, 0.25) is 5.02 Å². The van der Waals surface area contributed by atoms with Crippen molar-refractivity contribution >= 4 is 23.5 Å². The minimum atomic E-state index is -0.264. The number of carbonyl (C=O) groups excluding carboxylic acids is 1. The van der Waals surface area contributed by atoms with Gasteiger partial charge in [0.1, 0.15) is 12.4 Å². The Hall–Kier alpha value is -2.96. The van der Waals surface area contributed by atoms with Gasteiger partial charge in [-0.3, -0.25) is 10.1 Å². The summed E-state index contributed by atoms with van der Waals surface area (Å²) in [5.74, 6) is 0.682. The summed E-state index contributed by atoms with van der Waals surface area (Å²) < 4.78 is 5.82. The number of carbonyl (C=O) groups is 1. The van der Waals surface area contributed by atoms with Gasteiger partial charge in [-0.2, -0.15) is 0 Å². The molecule has 7 heteroatoms. The molecule has 2 aromatic carbocycles. The molecular weight excluding hydrogens is 400 g/mol. The van der Waals surface area contributed by atoms with Crippen LogP contribution in [0.3, 0.4) is 0 Å². The summed E-state index contributed by atoms with van der Waals surface area (Å²) in [5.41, 5.74) is 3.63. The van der Waals surface area contributed by atoms with Crippen LogP contribution in [0.4, 0.5) is 5.95 Å². The molecule has 0 aliphatic carbocycles. The molecule has 2 unspecified atom stereocenters. The van der Waals surface area contributed by atoms with Crippen molar-refractivity contribution in [1.82, 2.24) is 15.3 Å². The minimum absolute atomic E-state index is 0.264. The number of hydrogen-bond donors (Lipinski definition) is 2. The molecule has 152 valence electrons. The fourth-order valence-electron chi connectivity index (χ4n) is 4.09. The number of nitrogens with zero attached hydrogens (tertiary/aromatic N) is 2. The smallest absolute Gasteiger partial charge is 0.258 e. The second-order valence-electron chi connectivity index (χ2n) is 7.69. The molecule has 1 fully saturated rings. The van der Waals surface area contributed by atoms with E-state index in [-0.39, 0.29) is 5.91 Å². The Morgan fingerprint density at radius 1 is 1.20 bits per heavy atom. The van der Waals surface area contributed by atoms with Gasteiger partial charge in [0.15, 0.2) is 0 Å². The first kappa shape index (κ1) is 19.0. The fourth-order valence-corrected chi connectivity index (χ4v) is 4.31. The third-order valence-corrected chi connectivity index (χ3v) is 5.81. The predicted octanol–water partition coefficient (Wildman–Crippen LogP) is 4.31. The molecule has 2 bridgehead atoms. The van der Waals surface area contributed by atoms with Crippen molar-refractivity contribution in [2.45, 2.75) is 38.0 Å². The normalized spacial score (nSPS) is 19.2. The molecule has 30 heavy (non-hydrogen) atoms. The van der Waals surface area contributed by atoms with Gasteiger partial charge in [0.2, 0.25) is 5.95 Å². The molecule has 1 aromatic heterocycles. The van der Waals surface area contributed by atoms with Crippen LogP contribution in [0.5, 0.6) is 5.75 Å². The summed E-state index contributed by atoms with van der Waals surface area (Å²) in [7, 11) is 0. The van der Waals surface area contributed by atoms with Crippen molar-refractivity contribution in [3.8, 4) is 5.75 Å². The van der Waals surface area contributed by atoms with Crippen LogP contribution in [-0.2, 0) is 13.0 Å². The quantitative estimate of drug-likeness (QED) is 0.643. The van der Waals surface area contributed by atoms with Crippen LogP contribution >= 0.6 is 11.6 Å². The lowest BCUT2D eigenvalue weighted by Gasteiger charge is -2.23. The Morgan fingerprint density at radius 2 is 2.10 bits per heavy atom. The van der Waals surface area contributed by atoms with Gasteiger partial charge >= 0.3 is 0 Å². The van der Waals surface area contributed by atoms with Crippen molar-refractivity contribution in [1.29, 1.82) is 0 Å². The number of amides is 1. The second-order valence-corrected chi connectivity index (χ2v) is 8.13. The number of fused-ring (bicyclic) bond motifs is 4. The first-order valence-corrected chi connectivity index (χ1v) is 10.4. The van der Waals surface area contributed by atoms with Crippen molar-refractivity contribution in [2.75, 3.05) is 5.32 Å². The Balaban J connectivity index is 1.26. The highest BCUT2D eigenvalue weighted by atomic mass is 35.5. The van der Waals surface area contributed by atoms with Gasteiger partial charge < -0.3 is 10.1 Å². The van der Waals surface area contributed by atoms with Crippen LogP contribution < -0.4 is 15.4 Å². The molecule has 3 heterocycles. The fraction of sp³-hybridized carbons (Fsp3) is 0.261. The third kappa shape index (κ3) is 4.01. The summed E-state index contributed by atoms with van der Waals surface area (Å²) in [6.45, 7) is 0.371. The molecule has 2 N–H and O–H groups in total. The van der Waals surface area contributed by atoms with Gasteiger partial charge in [-0.25, -0.2) is 9.97 Å². The SMILES string of the molecule is O=C(Nc1ncc2c(n1)CC1CCC2N1)c1cccc(OCc2cccc(Cl)c2)c1. The van der Waals surface area contributed by atoms with E-state index in [1.807, 2.05) is 36.5 Å². The number of anilines is 1. The maximum atomic E-state index is 12.7. The Morgan fingerprint density at radius 3 is 3.00 bits per heavy atom. The minimum Gasteiger partial charge on any atom is -0.489 e. The standard InChI is InChI=1S/C23H21ClN4O2/c24-16-5-1-3-14(9-16)13-30-18-6-2-4-15(10-18)22(29)28-23-25-12-19-20-8-7-17(26-20)11-21(19)27-23/h1-6,9-10,12,17,20,26H,7-8,11,13H2,(H,25,27,28,29). The largest absolute Gasteiger partial charge is 0.489 e. The zero-order valence-corrected chi connectivity index (χ0v) is 17.0. The highest BCUT2D eigenvalue weighted by Crippen LogP contribution is 2.34. The zero-order valence-electron chi connectivity index (χ0n) is 16.3. The van der Waals surface area contributed by atoms with Crippen molar-refractivity contribution in [3.05, 3.63) is 82.1 Å². The number of benzene rings is 2. The van der Waals surface area contributed by atoms with E-state index in [1.54, 1.807) is 18.2 Å². The van der Waals surface area contributed by atoms with Gasteiger partial charge in [-0.05, 0) is 48.7 Å². The number of nitrogens with one attached hydrogen (secondary N) is 2. The van der Waals surface area contributed by atoms with E-state index in [4.69, 9.17) is 16.3 Å². The summed E-state index contributed by atoms with van der Waals surface area (Å²) in [6, 6.07) is 15.4. The van der Waals surface area contributed by atoms with Crippen LogP contribution in [0.15, 0.2) is 54.7 Å². The summed E-state index contributed by atoms with van der Waals surface area (Å²) >= 11 is 6.01. The highest BCUT2D eigenvalue weighted by Gasteiger charge is 2.33. The molecule has 2 aliphatic rings.